The Morgan fingerprint density at radius 3 is 2.48 bits per heavy atom. The van der Waals surface area contributed by atoms with Crippen LogP contribution in [0.4, 0.5) is 0 Å². The van der Waals surface area contributed by atoms with Gasteiger partial charge in [0.2, 0.25) is 5.82 Å². The zero-order chi connectivity index (χ0) is 19.1. The zero-order valence-corrected chi connectivity index (χ0v) is 16.6. The van der Waals surface area contributed by atoms with Gasteiger partial charge in [0.25, 0.3) is 0 Å². The maximum Gasteiger partial charge on any atom is 0.214 e. The van der Waals surface area contributed by atoms with Crippen LogP contribution in [0.25, 0.3) is 0 Å². The number of quaternary nitrogens is 2. The molecule has 27 heavy (non-hydrogen) atoms. The Kier molecular flexibility index (Phi) is 7.14. The summed E-state index contributed by atoms with van der Waals surface area (Å²) in [6, 6.07) is 8.50. The molecule has 3 rings (SSSR count). The van der Waals surface area contributed by atoms with E-state index in [2.05, 4.69) is 34.6 Å². The fourth-order valence-electron chi connectivity index (χ4n) is 3.81. The van der Waals surface area contributed by atoms with E-state index >= 15 is 0 Å². The van der Waals surface area contributed by atoms with Crippen LogP contribution in [0.15, 0.2) is 24.3 Å². The van der Waals surface area contributed by atoms with Gasteiger partial charge in [-0.15, -0.1) is 5.10 Å². The third-order valence-electron chi connectivity index (χ3n) is 5.36. The normalized spacial score (nSPS) is 21.1. The van der Waals surface area contributed by atoms with Gasteiger partial charge in [-0.25, -0.2) is 4.68 Å². The number of ether oxygens (including phenoxy) is 2. The van der Waals surface area contributed by atoms with Crippen LogP contribution < -0.4 is 14.5 Å². The second kappa shape index (κ2) is 9.77. The molecule has 0 unspecified atom stereocenters. The quantitative estimate of drug-likeness (QED) is 0.564. The number of rotatable bonds is 9. The summed E-state index contributed by atoms with van der Waals surface area (Å²) in [6.45, 7) is 11.9. The number of likely N-dealkylation sites (N-methyl/N-ethyl adjacent to an activating group) is 1. The molecule has 2 aromatic rings. The van der Waals surface area contributed by atoms with Crippen molar-refractivity contribution in [3.8, 4) is 5.75 Å². The number of hydrogen-bond acceptors (Lipinski definition) is 5. The van der Waals surface area contributed by atoms with Gasteiger partial charge in [0.15, 0.2) is 6.04 Å². The summed E-state index contributed by atoms with van der Waals surface area (Å²) in [5.74, 6) is 1.81. The van der Waals surface area contributed by atoms with Crippen molar-refractivity contribution in [2.24, 2.45) is 0 Å². The Morgan fingerprint density at radius 2 is 1.85 bits per heavy atom. The molecule has 0 aliphatic carbocycles. The minimum absolute atomic E-state index is 0.117. The van der Waals surface area contributed by atoms with E-state index in [1.807, 2.05) is 23.7 Å². The van der Waals surface area contributed by atoms with Gasteiger partial charge in [-0.2, -0.15) is 0 Å². The first-order valence-electron chi connectivity index (χ1n) is 9.92. The number of tetrazole rings is 1. The highest BCUT2D eigenvalue weighted by Gasteiger charge is 2.35. The molecule has 8 heteroatoms. The van der Waals surface area contributed by atoms with Gasteiger partial charge in [-0.3, -0.25) is 0 Å². The smallest absolute Gasteiger partial charge is 0.214 e. The van der Waals surface area contributed by atoms with Gasteiger partial charge in [0, 0.05) is 12.7 Å². The molecule has 2 heterocycles. The molecule has 0 amide bonds. The summed E-state index contributed by atoms with van der Waals surface area (Å²) >= 11 is 0. The van der Waals surface area contributed by atoms with Crippen LogP contribution in [0, 0.1) is 0 Å². The predicted molar refractivity (Wildman–Crippen MR) is 101 cm³/mol. The second-order valence-electron chi connectivity index (χ2n) is 6.95. The fourth-order valence-corrected chi connectivity index (χ4v) is 3.81. The number of piperazine rings is 1. The van der Waals surface area contributed by atoms with E-state index in [0.29, 0.717) is 19.8 Å². The lowest BCUT2D eigenvalue weighted by Crippen LogP contribution is -3.28. The van der Waals surface area contributed by atoms with Gasteiger partial charge < -0.3 is 19.3 Å². The average molecular weight is 377 g/mol. The molecule has 148 valence electrons. The van der Waals surface area contributed by atoms with Crippen molar-refractivity contribution >= 4 is 0 Å². The van der Waals surface area contributed by atoms with Gasteiger partial charge in [0.1, 0.15) is 31.9 Å². The lowest BCUT2D eigenvalue weighted by atomic mass is 10.0. The Hall–Kier alpha value is -2.03. The van der Waals surface area contributed by atoms with Gasteiger partial charge in [0.05, 0.1) is 26.3 Å². The highest BCUT2D eigenvalue weighted by atomic mass is 16.5. The number of benzene rings is 1. The summed E-state index contributed by atoms with van der Waals surface area (Å²) in [5, 5.41) is 12.6. The van der Waals surface area contributed by atoms with Gasteiger partial charge >= 0.3 is 0 Å². The van der Waals surface area contributed by atoms with Crippen LogP contribution in [-0.4, -0.2) is 73.3 Å². The molecule has 8 nitrogen and oxygen atoms in total. The largest absolute Gasteiger partial charge is 0.494 e. The molecule has 1 aromatic heterocycles. The predicted octanol–water partition coefficient (Wildman–Crippen LogP) is -1.39. The first kappa shape index (κ1) is 19.7. The second-order valence-corrected chi connectivity index (χ2v) is 6.95. The SMILES string of the molecule is CCOc1ccc([C@@H](c2nnnn2CCOC)[NH+]2CC[NH+](CC)CC2)cc1. The third-order valence-corrected chi connectivity index (χ3v) is 5.36. The molecule has 0 saturated carbocycles. The van der Waals surface area contributed by atoms with E-state index in [4.69, 9.17) is 9.47 Å². The average Bonchev–Trinajstić information content (AvgIpc) is 3.17. The lowest BCUT2D eigenvalue weighted by Gasteiger charge is -2.33. The Morgan fingerprint density at radius 1 is 1.11 bits per heavy atom. The molecule has 2 N–H and O–H groups in total. The summed E-state index contributed by atoms with van der Waals surface area (Å²) in [4.78, 5) is 3.19. The molecule has 1 aliphatic rings. The molecule has 1 aromatic carbocycles. The van der Waals surface area contributed by atoms with Crippen LogP contribution in [-0.2, 0) is 11.3 Å². The molecule has 1 saturated heterocycles. The van der Waals surface area contributed by atoms with E-state index < -0.39 is 0 Å². The van der Waals surface area contributed by atoms with Crippen molar-refractivity contribution in [2.45, 2.75) is 26.4 Å². The molecule has 1 fully saturated rings. The summed E-state index contributed by atoms with van der Waals surface area (Å²) in [5.41, 5.74) is 1.22. The molecule has 0 radical (unpaired) electrons. The minimum Gasteiger partial charge on any atom is -0.494 e. The molecular formula is C19H32N6O2+2. The van der Waals surface area contributed by atoms with Crippen molar-refractivity contribution in [1.82, 2.24) is 20.2 Å². The Balaban J connectivity index is 1.88. The first-order chi connectivity index (χ1) is 13.3. The van der Waals surface area contributed by atoms with Crippen LogP contribution in [0.2, 0.25) is 0 Å². The number of nitrogens with one attached hydrogen (secondary N) is 2. The van der Waals surface area contributed by atoms with Gasteiger partial charge in [-0.05, 0) is 48.5 Å². The van der Waals surface area contributed by atoms with E-state index in [-0.39, 0.29) is 6.04 Å². The van der Waals surface area contributed by atoms with E-state index in [0.717, 1.165) is 24.7 Å². The number of hydrogen-bond donors (Lipinski definition) is 2. The molecular weight excluding hydrogens is 344 g/mol. The standard InChI is InChI=1S/C19H30N6O2/c1-4-23-10-12-24(13-11-23)18(16-6-8-17(9-7-16)27-5-2)19-20-21-22-25(19)14-15-26-3/h6-9,18H,4-5,10-15H2,1-3H3/p+2/t18-/m0/s1. The molecule has 1 aliphatic heterocycles. The van der Waals surface area contributed by atoms with Crippen molar-refractivity contribution in [2.75, 3.05) is 53.0 Å². The molecule has 0 bridgehead atoms. The fraction of sp³-hybridized carbons (Fsp3) is 0.632. The van der Waals surface area contributed by atoms with Crippen molar-refractivity contribution in [3.63, 3.8) is 0 Å². The van der Waals surface area contributed by atoms with E-state index in [1.54, 1.807) is 12.0 Å². The van der Waals surface area contributed by atoms with Crippen LogP contribution in [0.1, 0.15) is 31.3 Å². The Bertz CT molecular complexity index is 682. The highest BCUT2D eigenvalue weighted by molar-refractivity contribution is 5.30. The Labute approximate surface area is 161 Å². The monoisotopic (exact) mass is 376 g/mol. The number of aromatic nitrogens is 4. The number of nitrogens with zero attached hydrogens (tertiary/aromatic N) is 4. The van der Waals surface area contributed by atoms with Crippen LogP contribution >= 0.6 is 0 Å². The van der Waals surface area contributed by atoms with Crippen LogP contribution in [0.5, 0.6) is 5.75 Å². The summed E-state index contributed by atoms with van der Waals surface area (Å²) < 4.78 is 12.7. The first-order valence-corrected chi connectivity index (χ1v) is 9.92. The van der Waals surface area contributed by atoms with Crippen molar-refractivity contribution < 1.29 is 19.3 Å². The van der Waals surface area contributed by atoms with Crippen molar-refractivity contribution in [3.05, 3.63) is 35.7 Å². The topological polar surface area (TPSA) is 70.9 Å². The third kappa shape index (κ3) is 4.82. The maximum atomic E-state index is 5.61. The minimum atomic E-state index is 0.117. The highest BCUT2D eigenvalue weighted by Crippen LogP contribution is 2.20. The van der Waals surface area contributed by atoms with Crippen LogP contribution in [0.3, 0.4) is 0 Å². The van der Waals surface area contributed by atoms with E-state index in [1.165, 1.54) is 30.1 Å². The number of methoxy groups -OCH3 is 1. The maximum absolute atomic E-state index is 5.61. The molecule has 0 spiro atoms. The molecule has 1 atom stereocenters. The van der Waals surface area contributed by atoms with Gasteiger partial charge in [-0.1, -0.05) is 0 Å². The summed E-state index contributed by atoms with van der Waals surface area (Å²) in [6.07, 6.45) is 0. The van der Waals surface area contributed by atoms with Crippen molar-refractivity contribution in [1.29, 1.82) is 0 Å². The zero-order valence-electron chi connectivity index (χ0n) is 16.6. The summed E-state index contributed by atoms with van der Waals surface area (Å²) in [7, 11) is 1.70. The van der Waals surface area contributed by atoms with E-state index in [9.17, 15) is 0 Å². The lowest BCUT2D eigenvalue weighted by molar-refractivity contribution is -1.02.